The fourth-order valence-corrected chi connectivity index (χ4v) is 5.11. The molecule has 0 aliphatic carbocycles. The molecule has 2 aromatic carbocycles. The van der Waals surface area contributed by atoms with E-state index >= 15 is 0 Å². The molecule has 162 valence electrons. The predicted molar refractivity (Wildman–Crippen MR) is 132 cm³/mol. The molecule has 4 rings (SSSR count). The Morgan fingerprint density at radius 3 is 2.59 bits per heavy atom. The molecule has 0 unspecified atom stereocenters. The number of halogens is 1. The molecular formula is C25H21ClN2O2S2. The van der Waals surface area contributed by atoms with Crippen LogP contribution in [0.25, 0.3) is 6.08 Å². The Bertz CT molecular complexity index is 1220. The van der Waals surface area contributed by atoms with Crippen molar-refractivity contribution < 1.29 is 9.90 Å². The zero-order chi connectivity index (χ0) is 22.3. The second kappa shape index (κ2) is 10.7. The number of aliphatic carboxylic acids is 1. The standard InChI is InChI=1S/C25H21ClN2O2S2/c26-23-11-5-4-9-19(23)16-28-21(13-20(24(29)30)14-22-10-6-12-31-22)15-27-25(28)32-17-18-7-2-1-3-8-18/h1-13,15H,14,16-17H2,(H,29,30)/b20-13+. The number of carbonyl (C=O) groups is 1. The number of thioether (sulfide) groups is 1. The Morgan fingerprint density at radius 1 is 1.09 bits per heavy atom. The summed E-state index contributed by atoms with van der Waals surface area (Å²) in [5.41, 5.74) is 3.23. The average Bonchev–Trinajstić information content (AvgIpc) is 3.44. The van der Waals surface area contributed by atoms with Gasteiger partial charge in [0.05, 0.1) is 18.4 Å². The first-order valence-electron chi connectivity index (χ1n) is 10.0. The maximum Gasteiger partial charge on any atom is 0.332 e. The highest BCUT2D eigenvalue weighted by Gasteiger charge is 2.15. The number of aromatic nitrogens is 2. The van der Waals surface area contributed by atoms with E-state index in [4.69, 9.17) is 11.6 Å². The Kier molecular flexibility index (Phi) is 7.47. The molecule has 0 spiro atoms. The second-order valence-corrected chi connectivity index (χ2v) is 9.53. The number of carboxylic acids is 1. The summed E-state index contributed by atoms with van der Waals surface area (Å²) in [6.45, 7) is 0.508. The lowest BCUT2D eigenvalue weighted by atomic mass is 10.1. The fraction of sp³-hybridized carbons (Fsp3) is 0.120. The molecule has 0 amide bonds. The monoisotopic (exact) mass is 480 g/mol. The lowest BCUT2D eigenvalue weighted by Crippen LogP contribution is -2.07. The second-order valence-electron chi connectivity index (χ2n) is 7.15. The fourth-order valence-electron chi connectivity index (χ4n) is 3.25. The van der Waals surface area contributed by atoms with E-state index in [2.05, 4.69) is 17.1 Å². The van der Waals surface area contributed by atoms with Gasteiger partial charge in [-0.1, -0.05) is 78.0 Å². The van der Waals surface area contributed by atoms with E-state index in [0.717, 1.165) is 27.0 Å². The van der Waals surface area contributed by atoms with Crippen molar-refractivity contribution in [2.45, 2.75) is 23.9 Å². The summed E-state index contributed by atoms with van der Waals surface area (Å²) < 4.78 is 2.03. The summed E-state index contributed by atoms with van der Waals surface area (Å²) in [7, 11) is 0. The average molecular weight is 481 g/mol. The van der Waals surface area contributed by atoms with E-state index in [9.17, 15) is 9.90 Å². The van der Waals surface area contributed by atoms with Gasteiger partial charge in [-0.3, -0.25) is 0 Å². The van der Waals surface area contributed by atoms with E-state index in [-0.39, 0.29) is 0 Å². The van der Waals surface area contributed by atoms with Crippen LogP contribution >= 0.6 is 34.7 Å². The van der Waals surface area contributed by atoms with E-state index in [0.29, 0.717) is 23.6 Å². The number of imidazole rings is 1. The van der Waals surface area contributed by atoms with Crippen LogP contribution < -0.4 is 0 Å². The Balaban J connectivity index is 1.68. The van der Waals surface area contributed by atoms with Gasteiger partial charge in [-0.25, -0.2) is 9.78 Å². The van der Waals surface area contributed by atoms with Crippen molar-refractivity contribution in [3.8, 4) is 0 Å². The number of carboxylic acid groups (broad SMARTS) is 1. The predicted octanol–water partition coefficient (Wildman–Crippen LogP) is 6.65. The summed E-state index contributed by atoms with van der Waals surface area (Å²) in [4.78, 5) is 17.6. The summed E-state index contributed by atoms with van der Waals surface area (Å²) in [5.74, 6) is -0.160. The van der Waals surface area contributed by atoms with Crippen LogP contribution in [0.1, 0.15) is 21.7 Å². The molecule has 7 heteroatoms. The minimum absolute atomic E-state index is 0.326. The lowest BCUT2D eigenvalue weighted by molar-refractivity contribution is -0.132. The molecule has 0 aliphatic rings. The third-order valence-corrected chi connectivity index (χ3v) is 7.20. The lowest BCUT2D eigenvalue weighted by Gasteiger charge is -2.12. The van der Waals surface area contributed by atoms with Gasteiger partial charge in [0.25, 0.3) is 0 Å². The van der Waals surface area contributed by atoms with Crippen LogP contribution in [0.5, 0.6) is 0 Å². The minimum Gasteiger partial charge on any atom is -0.478 e. The van der Waals surface area contributed by atoms with E-state index in [1.165, 1.54) is 5.56 Å². The zero-order valence-corrected chi connectivity index (χ0v) is 19.5. The van der Waals surface area contributed by atoms with Gasteiger partial charge in [-0.15, -0.1) is 11.3 Å². The molecule has 0 saturated heterocycles. The van der Waals surface area contributed by atoms with Crippen LogP contribution in [0.3, 0.4) is 0 Å². The van der Waals surface area contributed by atoms with Crippen molar-refractivity contribution in [1.82, 2.24) is 9.55 Å². The Morgan fingerprint density at radius 2 is 1.88 bits per heavy atom. The van der Waals surface area contributed by atoms with Gasteiger partial charge in [0.15, 0.2) is 5.16 Å². The van der Waals surface area contributed by atoms with Gasteiger partial charge in [0, 0.05) is 27.6 Å². The van der Waals surface area contributed by atoms with Crippen LogP contribution in [-0.2, 0) is 23.5 Å². The van der Waals surface area contributed by atoms with Gasteiger partial charge in [-0.2, -0.15) is 0 Å². The molecule has 32 heavy (non-hydrogen) atoms. The molecule has 4 nitrogen and oxygen atoms in total. The van der Waals surface area contributed by atoms with Crippen molar-refractivity contribution in [3.05, 3.63) is 111 Å². The van der Waals surface area contributed by atoms with Crippen molar-refractivity contribution in [2.24, 2.45) is 0 Å². The van der Waals surface area contributed by atoms with Gasteiger partial charge < -0.3 is 9.67 Å². The van der Waals surface area contributed by atoms with Crippen molar-refractivity contribution >= 4 is 46.7 Å². The summed E-state index contributed by atoms with van der Waals surface area (Å²) in [6.07, 6.45) is 3.83. The maximum absolute atomic E-state index is 12.0. The number of hydrogen-bond acceptors (Lipinski definition) is 4. The van der Waals surface area contributed by atoms with Crippen LogP contribution in [0.15, 0.2) is 89.0 Å². The molecule has 4 aromatic rings. The third-order valence-electron chi connectivity index (χ3n) is 4.89. The Labute approximate surface area is 200 Å². The molecule has 0 atom stereocenters. The molecule has 0 aliphatic heterocycles. The molecular weight excluding hydrogens is 460 g/mol. The number of thiophene rings is 1. The number of rotatable bonds is 9. The first kappa shape index (κ1) is 22.4. The highest BCUT2D eigenvalue weighted by atomic mass is 35.5. The zero-order valence-electron chi connectivity index (χ0n) is 17.1. The van der Waals surface area contributed by atoms with E-state index < -0.39 is 5.97 Å². The number of hydrogen-bond donors (Lipinski definition) is 1. The van der Waals surface area contributed by atoms with Crippen LogP contribution in [0.2, 0.25) is 5.02 Å². The van der Waals surface area contributed by atoms with Crippen LogP contribution in [0.4, 0.5) is 0 Å². The quantitative estimate of drug-likeness (QED) is 0.215. The molecule has 2 aromatic heterocycles. The highest BCUT2D eigenvalue weighted by molar-refractivity contribution is 7.98. The van der Waals surface area contributed by atoms with Gasteiger partial charge in [0.2, 0.25) is 0 Å². The largest absolute Gasteiger partial charge is 0.478 e. The SMILES string of the molecule is O=C(O)/C(=C/c1cnc(SCc2ccccc2)n1Cc1ccccc1Cl)Cc1cccs1. The first-order chi connectivity index (χ1) is 15.6. The van der Waals surface area contributed by atoms with Gasteiger partial charge >= 0.3 is 5.97 Å². The van der Waals surface area contributed by atoms with Crippen molar-refractivity contribution in [1.29, 1.82) is 0 Å². The van der Waals surface area contributed by atoms with Gasteiger partial charge in [0.1, 0.15) is 0 Å². The molecule has 1 N–H and O–H groups in total. The molecule has 0 radical (unpaired) electrons. The third kappa shape index (κ3) is 5.71. The Hall–Kier alpha value is -2.80. The highest BCUT2D eigenvalue weighted by Crippen LogP contribution is 2.27. The molecule has 2 heterocycles. The maximum atomic E-state index is 12.0. The van der Waals surface area contributed by atoms with Crippen molar-refractivity contribution in [3.63, 3.8) is 0 Å². The number of nitrogens with zero attached hydrogens (tertiary/aromatic N) is 2. The number of benzene rings is 2. The molecule has 0 fully saturated rings. The van der Waals surface area contributed by atoms with Crippen molar-refractivity contribution in [2.75, 3.05) is 0 Å². The van der Waals surface area contributed by atoms with Crippen LogP contribution in [-0.4, -0.2) is 20.6 Å². The topological polar surface area (TPSA) is 55.1 Å². The summed E-state index contributed by atoms with van der Waals surface area (Å²) >= 11 is 9.59. The minimum atomic E-state index is -0.928. The first-order valence-corrected chi connectivity index (χ1v) is 12.3. The molecule has 0 saturated carbocycles. The normalized spacial score (nSPS) is 11.6. The molecule has 0 bridgehead atoms. The van der Waals surface area contributed by atoms with E-state index in [1.54, 1.807) is 35.4 Å². The smallest absolute Gasteiger partial charge is 0.332 e. The summed E-state index contributed by atoms with van der Waals surface area (Å²) in [5, 5.41) is 13.2. The summed E-state index contributed by atoms with van der Waals surface area (Å²) in [6, 6.07) is 21.8. The van der Waals surface area contributed by atoms with E-state index in [1.807, 2.05) is 64.5 Å². The van der Waals surface area contributed by atoms with Crippen LogP contribution in [0, 0.1) is 0 Å². The van der Waals surface area contributed by atoms with Gasteiger partial charge in [-0.05, 0) is 34.7 Å².